The number of rotatable bonds is 14. The van der Waals surface area contributed by atoms with Crippen LogP contribution in [0.15, 0.2) is 106 Å². The second-order valence-corrected chi connectivity index (χ2v) is 26.6. The number of likely N-dealkylation sites (tertiary alicyclic amines) is 1. The van der Waals surface area contributed by atoms with Crippen molar-refractivity contribution in [1.29, 1.82) is 0 Å². The molecule has 2 saturated heterocycles. The maximum absolute atomic E-state index is 14.2. The van der Waals surface area contributed by atoms with Gasteiger partial charge in [-0.15, -0.1) is 20.4 Å². The number of carboxylic acid groups (broad SMARTS) is 2. The van der Waals surface area contributed by atoms with Crippen molar-refractivity contribution in [3.8, 4) is 0 Å². The number of imidazole rings is 2. The first-order valence-electron chi connectivity index (χ1n) is 29.3. The summed E-state index contributed by atoms with van der Waals surface area (Å²) >= 11 is 31.8. The first-order chi connectivity index (χ1) is 45.5. The van der Waals surface area contributed by atoms with Crippen molar-refractivity contribution in [2.24, 2.45) is 0 Å². The highest BCUT2D eigenvalue weighted by atomic mass is 79.9. The molecule has 5 amide bonds. The number of aromatic nitrogens is 12. The highest BCUT2D eigenvalue weighted by Crippen LogP contribution is 2.46. The smallest absolute Gasteiger partial charge is 0.480 e. The minimum absolute atomic E-state index is 0.0382. The van der Waals surface area contributed by atoms with Crippen molar-refractivity contribution in [3.05, 3.63) is 161 Å². The molecule has 0 unspecified atom stereocenters. The number of nitrogens with zero attached hydrogens (tertiary/aromatic N) is 13. The van der Waals surface area contributed by atoms with E-state index in [9.17, 15) is 47.0 Å². The summed E-state index contributed by atoms with van der Waals surface area (Å²) in [4.78, 5) is 102. The molecule has 12 rings (SSSR count). The van der Waals surface area contributed by atoms with Gasteiger partial charge in [-0.1, -0.05) is 113 Å². The molecule has 0 radical (unpaired) electrons. The molecule has 2 fully saturated rings. The summed E-state index contributed by atoms with van der Waals surface area (Å²) in [6.07, 6.45) is 2.18. The number of carbonyl (C=O) groups is 7. The van der Waals surface area contributed by atoms with Crippen LogP contribution in [0.5, 0.6) is 0 Å². The van der Waals surface area contributed by atoms with Crippen molar-refractivity contribution in [2.45, 2.75) is 107 Å². The summed E-state index contributed by atoms with van der Waals surface area (Å²) in [5.41, 5.74) is 0.293. The van der Waals surface area contributed by atoms with Gasteiger partial charge >= 0.3 is 18.1 Å². The Kier molecular flexibility index (Phi) is 22.7. The number of aliphatic carboxylic acids is 2. The van der Waals surface area contributed by atoms with E-state index in [4.69, 9.17) is 56.3 Å². The lowest BCUT2D eigenvalue weighted by Crippen LogP contribution is -2.50. The van der Waals surface area contributed by atoms with Crippen LogP contribution in [-0.4, -0.2) is 161 Å². The van der Waals surface area contributed by atoms with Crippen LogP contribution in [0.2, 0.25) is 20.1 Å². The predicted octanol–water partition coefficient (Wildman–Crippen LogP) is 9.72. The Hall–Kier alpha value is -8.40. The van der Waals surface area contributed by atoms with E-state index in [-0.39, 0.29) is 59.8 Å². The number of H-pyrrole nitrogens is 2. The van der Waals surface area contributed by atoms with Gasteiger partial charge in [-0.2, -0.15) is 23.6 Å². The van der Waals surface area contributed by atoms with E-state index in [2.05, 4.69) is 99.0 Å². The average Bonchev–Trinajstić information content (AvgIpc) is 1.56. The van der Waals surface area contributed by atoms with Gasteiger partial charge in [0, 0.05) is 73.3 Å². The molecule has 36 heteroatoms. The number of amides is 5. The molecule has 27 nitrogen and oxygen atoms in total. The summed E-state index contributed by atoms with van der Waals surface area (Å²) in [6.45, 7) is 9.58. The van der Waals surface area contributed by atoms with Crippen molar-refractivity contribution in [3.63, 3.8) is 0 Å². The maximum Gasteiger partial charge on any atom is 0.490 e. The van der Waals surface area contributed by atoms with Gasteiger partial charge in [-0.25, -0.2) is 24.6 Å². The molecule has 506 valence electrons. The topological polar surface area (TPSA) is 350 Å². The third-order valence-electron chi connectivity index (χ3n) is 16.0. The summed E-state index contributed by atoms with van der Waals surface area (Å²) in [7, 11) is 0. The predicted molar refractivity (Wildman–Crippen MR) is 352 cm³/mol. The third kappa shape index (κ3) is 16.3. The van der Waals surface area contributed by atoms with Gasteiger partial charge in [-0.3, -0.25) is 37.9 Å². The number of hydrogen-bond acceptors (Lipinski definition) is 16. The van der Waals surface area contributed by atoms with Gasteiger partial charge in [0.1, 0.15) is 34.5 Å². The fourth-order valence-electron chi connectivity index (χ4n) is 11.3. The molecule has 4 aromatic heterocycles. The van der Waals surface area contributed by atoms with Gasteiger partial charge in [0.15, 0.2) is 11.6 Å². The minimum atomic E-state index is -5.08. The number of piperidine rings is 2. The zero-order valence-electron chi connectivity index (χ0n) is 51.1. The van der Waals surface area contributed by atoms with E-state index >= 15 is 0 Å². The number of hydrogen-bond donors (Lipinski definition) is 7. The zero-order valence-corrected chi connectivity index (χ0v) is 57.3. The van der Waals surface area contributed by atoms with Gasteiger partial charge in [0.2, 0.25) is 17.8 Å². The summed E-state index contributed by atoms with van der Waals surface area (Å²) in [6, 6.07) is 22.7. The van der Waals surface area contributed by atoms with Crippen LogP contribution in [0, 0.1) is 0 Å². The number of aromatic amines is 2. The van der Waals surface area contributed by atoms with Gasteiger partial charge < -0.3 is 31.1 Å². The highest BCUT2D eigenvalue weighted by molar-refractivity contribution is 9.10. The molecule has 4 aromatic carbocycles. The summed E-state index contributed by atoms with van der Waals surface area (Å²) in [5, 5.41) is 54.4. The zero-order chi connectivity index (χ0) is 69.6. The van der Waals surface area contributed by atoms with E-state index in [1.165, 1.54) is 46.5 Å². The monoisotopic (exact) mass is 1530 g/mol. The molecule has 0 aliphatic carbocycles. The van der Waals surface area contributed by atoms with Crippen molar-refractivity contribution >= 4 is 143 Å². The minimum Gasteiger partial charge on any atom is -0.480 e. The van der Waals surface area contributed by atoms with Crippen LogP contribution in [0.4, 0.5) is 36.4 Å². The third-order valence-corrected chi connectivity index (χ3v) is 17.9. The molecular formula is C60H59Br2Cl4F3N18O9. The Morgan fingerprint density at radius 3 is 1.46 bits per heavy atom. The Morgan fingerprint density at radius 1 is 0.656 bits per heavy atom. The summed E-state index contributed by atoms with van der Waals surface area (Å²) in [5.74, 6) is -3.71. The molecule has 8 aromatic rings. The largest absolute Gasteiger partial charge is 0.490 e. The highest BCUT2D eigenvalue weighted by Gasteiger charge is 2.53. The lowest BCUT2D eigenvalue weighted by atomic mass is 9.91. The Bertz CT molecular complexity index is 4130. The molecule has 0 saturated carbocycles. The van der Waals surface area contributed by atoms with Crippen LogP contribution >= 0.6 is 78.3 Å². The van der Waals surface area contributed by atoms with Gasteiger partial charge in [0.25, 0.3) is 23.6 Å². The maximum atomic E-state index is 14.2. The number of fused-ring (bicyclic) bond motifs is 2. The van der Waals surface area contributed by atoms with E-state index in [0.29, 0.717) is 56.3 Å². The molecule has 0 bridgehead atoms. The summed E-state index contributed by atoms with van der Waals surface area (Å²) < 4.78 is 36.7. The molecule has 4 aliphatic rings. The van der Waals surface area contributed by atoms with Gasteiger partial charge in [-0.05, 0) is 132 Å². The van der Waals surface area contributed by atoms with Crippen molar-refractivity contribution in [2.75, 3.05) is 36.0 Å². The second kappa shape index (κ2) is 30.3. The number of tetrazole rings is 2. The van der Waals surface area contributed by atoms with Crippen molar-refractivity contribution in [1.82, 2.24) is 81.2 Å². The molecule has 96 heavy (non-hydrogen) atoms. The van der Waals surface area contributed by atoms with Crippen LogP contribution in [0.1, 0.15) is 109 Å². The Labute approximate surface area is 581 Å². The van der Waals surface area contributed by atoms with Crippen LogP contribution in [-0.2, 0) is 47.9 Å². The molecule has 8 heterocycles. The first kappa shape index (κ1) is 71.9. The van der Waals surface area contributed by atoms with Crippen LogP contribution in [0.3, 0.4) is 0 Å². The van der Waals surface area contributed by atoms with E-state index < -0.39 is 53.1 Å². The molecule has 7 N–H and O–H groups in total. The van der Waals surface area contributed by atoms with E-state index in [1.807, 2.05) is 48.5 Å². The quantitative estimate of drug-likeness (QED) is 0.0532. The lowest BCUT2D eigenvalue weighted by Gasteiger charge is -2.33. The Balaban J connectivity index is 0.000000182. The molecule has 4 aliphatic heterocycles. The fourth-order valence-corrected chi connectivity index (χ4v) is 12.9. The fraction of sp³-hybridized carbons (Fsp3) is 0.350. The number of alkyl halides is 3. The first-order valence-corrected chi connectivity index (χ1v) is 32.4. The lowest BCUT2D eigenvalue weighted by molar-refractivity contribution is -0.192. The number of halogens is 9. The van der Waals surface area contributed by atoms with E-state index in [0.717, 1.165) is 51.8 Å². The van der Waals surface area contributed by atoms with Crippen LogP contribution < -0.4 is 25.8 Å². The number of benzene rings is 4. The number of anilines is 4. The van der Waals surface area contributed by atoms with Crippen LogP contribution in [0.25, 0.3) is 0 Å². The normalized spacial score (nSPS) is 19.5. The van der Waals surface area contributed by atoms with Gasteiger partial charge in [0.05, 0.1) is 23.8 Å². The second-order valence-electron chi connectivity index (χ2n) is 23.0. The van der Waals surface area contributed by atoms with Crippen molar-refractivity contribution < 1.29 is 56.9 Å². The standard InChI is InChI=1S/C29H28BrCl2N9O3.C23H19BrCl2N4O4.C6H11N5.C2HF3O2/c1-16(26(43)39-9-3-4-18(15-39)24-35-37-38-36-24)34-25(42)23-14-33-28-40(22-11-20(31)10-21(32)12-22)27(44)29(2,41(23)28)13-17-5-7-19(30)8-6-17;1-12(20(32)33)28-19(31)18-11-27-22-29(17-8-15(25)7-16(26)9-17)21(34)23(2,30(18)22)10-13-3-5-14(24)6-4-13;1-2-5(4-7-3-1)6-8-10-11-9-6;3-2(4,5)1(6)7/h5-8,10-12,14,16,18H,3-4,9,13,15H2,1-2H3,(H,34,42)(H,35,36,37,38);3-9,11-12H,10H2,1-2H3,(H,28,31)(H,32,33);5,7H,1-4H2,(H,8,9,10,11);(H,6,7)/t16-,18+,29+;12-,23+;5-;/m001./s1. The number of carboxylic acids is 2. The Morgan fingerprint density at radius 2 is 1.07 bits per heavy atom. The number of nitrogens with one attached hydrogen (secondary N) is 5. The van der Waals surface area contributed by atoms with E-state index in [1.54, 1.807) is 66.6 Å². The molecular weight excluding hydrogens is 1480 g/mol. The number of carbonyl (C=O) groups excluding carboxylic acids is 5. The average molecular weight is 1530 g/mol. The molecule has 6 atom stereocenters. The SMILES string of the molecule is C1CNC[C@H](c2nn[nH]n2)C1.C[C@H](NC(=O)c1cnc2n1[C@](C)(Cc1ccc(Br)cc1)C(=O)N2c1cc(Cl)cc(Cl)c1)C(=O)N1CCC[C@@H](c2nn[nH]n2)C1.C[C@H](NC(=O)c1cnc2n1[C@](C)(Cc1ccc(Br)cc1)C(=O)N2c1cc(Cl)cc(Cl)c1)C(=O)O.O=C(O)C(F)(F)F. The molecule has 0 spiro atoms.